The number of thioether (sulfide) groups is 1. The molecular weight excluding hydrogens is 451 g/mol. The van der Waals surface area contributed by atoms with Crippen LogP contribution in [0.1, 0.15) is 23.2 Å². The maximum Gasteiger partial charge on any atom is 0.191 e. The van der Waals surface area contributed by atoms with Gasteiger partial charge in [0.25, 0.3) is 0 Å². The van der Waals surface area contributed by atoms with Crippen LogP contribution in [0, 0.1) is 6.92 Å². The highest BCUT2D eigenvalue weighted by Gasteiger charge is 2.01. The van der Waals surface area contributed by atoms with Gasteiger partial charge in [-0.15, -0.1) is 47.1 Å². The Morgan fingerprint density at radius 1 is 1.25 bits per heavy atom. The normalized spacial score (nSPS) is 11.0. The largest absolute Gasteiger partial charge is 0.357 e. The summed E-state index contributed by atoms with van der Waals surface area (Å²) in [6.07, 6.45) is 3.00. The van der Waals surface area contributed by atoms with Crippen LogP contribution in [0.5, 0.6) is 0 Å². The molecule has 2 N–H and O–H groups in total. The van der Waals surface area contributed by atoms with E-state index in [2.05, 4.69) is 63.4 Å². The maximum absolute atomic E-state index is 4.65. The van der Waals surface area contributed by atoms with Crippen molar-refractivity contribution < 1.29 is 0 Å². The predicted molar refractivity (Wildman–Crippen MR) is 117 cm³/mol. The van der Waals surface area contributed by atoms with E-state index in [1.54, 1.807) is 23.1 Å². The molecule has 0 aliphatic carbocycles. The van der Waals surface area contributed by atoms with E-state index in [4.69, 9.17) is 0 Å². The molecule has 0 aliphatic rings. The summed E-state index contributed by atoms with van der Waals surface area (Å²) in [7, 11) is 0. The summed E-state index contributed by atoms with van der Waals surface area (Å²) < 4.78 is 0. The van der Waals surface area contributed by atoms with Crippen LogP contribution in [0.3, 0.4) is 0 Å². The predicted octanol–water partition coefficient (Wildman–Crippen LogP) is 4.09. The number of aromatic nitrogens is 1. The van der Waals surface area contributed by atoms with Gasteiger partial charge < -0.3 is 10.6 Å². The average molecular weight is 476 g/mol. The van der Waals surface area contributed by atoms with Gasteiger partial charge in [0.15, 0.2) is 5.96 Å². The lowest BCUT2D eigenvalue weighted by atomic mass is 10.2. The van der Waals surface area contributed by atoms with E-state index in [0.29, 0.717) is 6.54 Å². The van der Waals surface area contributed by atoms with Crippen LogP contribution in [0.2, 0.25) is 0 Å². The van der Waals surface area contributed by atoms with E-state index in [-0.39, 0.29) is 24.0 Å². The monoisotopic (exact) mass is 476 g/mol. The summed E-state index contributed by atoms with van der Waals surface area (Å²) in [6, 6.07) is 8.55. The zero-order valence-electron chi connectivity index (χ0n) is 14.3. The summed E-state index contributed by atoms with van der Waals surface area (Å²) in [5.41, 5.74) is 2.36. The molecular formula is C17H25IN4S2. The molecule has 0 radical (unpaired) electrons. The Kier molecular flexibility index (Phi) is 10.4. The van der Waals surface area contributed by atoms with Crippen LogP contribution < -0.4 is 10.6 Å². The van der Waals surface area contributed by atoms with Crippen molar-refractivity contribution in [3.05, 3.63) is 45.9 Å². The molecule has 0 saturated heterocycles. The Morgan fingerprint density at radius 2 is 2.00 bits per heavy atom. The van der Waals surface area contributed by atoms with Gasteiger partial charge in [-0.1, -0.05) is 12.1 Å². The Hall–Kier alpha value is -0.800. The molecule has 2 aromatic rings. The molecule has 0 amide bonds. The number of halogens is 1. The fourth-order valence-corrected chi connectivity index (χ4v) is 3.13. The van der Waals surface area contributed by atoms with Crippen molar-refractivity contribution in [2.24, 2.45) is 4.99 Å². The van der Waals surface area contributed by atoms with Crippen molar-refractivity contribution in [2.45, 2.75) is 31.7 Å². The third-order valence-corrected chi connectivity index (χ3v) is 4.83. The van der Waals surface area contributed by atoms with Crippen molar-refractivity contribution in [2.75, 3.05) is 19.3 Å². The average Bonchev–Trinajstić information content (AvgIpc) is 2.98. The summed E-state index contributed by atoms with van der Waals surface area (Å²) >= 11 is 3.45. The number of benzene rings is 1. The molecule has 0 aliphatic heterocycles. The number of guanidine groups is 1. The van der Waals surface area contributed by atoms with Gasteiger partial charge in [-0.25, -0.2) is 9.98 Å². The first kappa shape index (κ1) is 21.2. The van der Waals surface area contributed by atoms with Gasteiger partial charge in [0, 0.05) is 29.8 Å². The highest BCUT2D eigenvalue weighted by molar-refractivity contribution is 14.0. The summed E-state index contributed by atoms with van der Waals surface area (Å²) in [5.74, 6) is 0.855. The maximum atomic E-state index is 4.65. The van der Waals surface area contributed by atoms with Gasteiger partial charge in [-0.2, -0.15) is 0 Å². The molecule has 7 heteroatoms. The molecule has 132 valence electrons. The standard InChI is InChI=1S/C17H24N4S2.HI/c1-4-18-17(19-10-9-15-12-23-13(2)21-15)20-11-14-5-7-16(22-3)8-6-14;/h5-8,12H,4,9-11H2,1-3H3,(H2,18,19,20);1H. The summed E-state index contributed by atoms with van der Waals surface area (Å²) in [5, 5.41) is 9.89. The highest BCUT2D eigenvalue weighted by atomic mass is 127. The minimum absolute atomic E-state index is 0. The van der Waals surface area contributed by atoms with Crippen LogP contribution in [-0.2, 0) is 13.0 Å². The molecule has 1 heterocycles. The van der Waals surface area contributed by atoms with Gasteiger partial charge in [-0.3, -0.25) is 0 Å². The minimum Gasteiger partial charge on any atom is -0.357 e. The van der Waals surface area contributed by atoms with Gasteiger partial charge >= 0.3 is 0 Å². The van der Waals surface area contributed by atoms with Crippen LogP contribution in [0.4, 0.5) is 0 Å². The topological polar surface area (TPSA) is 49.3 Å². The number of aliphatic imine (C=N–C) groups is 1. The first-order valence-electron chi connectivity index (χ1n) is 7.77. The molecule has 0 saturated carbocycles. The molecule has 0 unspecified atom stereocenters. The smallest absolute Gasteiger partial charge is 0.191 e. The summed E-state index contributed by atoms with van der Waals surface area (Å²) in [6.45, 7) is 6.48. The van der Waals surface area contributed by atoms with E-state index < -0.39 is 0 Å². The Morgan fingerprint density at radius 3 is 2.58 bits per heavy atom. The van der Waals surface area contributed by atoms with Crippen LogP contribution in [0.15, 0.2) is 39.5 Å². The van der Waals surface area contributed by atoms with E-state index in [0.717, 1.165) is 36.2 Å². The molecule has 1 aromatic heterocycles. The number of nitrogens with one attached hydrogen (secondary N) is 2. The van der Waals surface area contributed by atoms with Crippen molar-refractivity contribution in [3.8, 4) is 0 Å². The fraction of sp³-hybridized carbons (Fsp3) is 0.412. The molecule has 2 rings (SSSR count). The summed E-state index contributed by atoms with van der Waals surface area (Å²) in [4.78, 5) is 10.4. The number of hydrogen-bond acceptors (Lipinski definition) is 4. The zero-order chi connectivity index (χ0) is 16.5. The van der Waals surface area contributed by atoms with Gasteiger partial charge in [0.1, 0.15) is 0 Å². The lowest BCUT2D eigenvalue weighted by molar-refractivity contribution is 0.790. The molecule has 0 fully saturated rings. The Bertz CT molecular complexity index is 626. The van der Waals surface area contributed by atoms with Crippen LogP contribution in [-0.4, -0.2) is 30.3 Å². The molecule has 1 aromatic carbocycles. The van der Waals surface area contributed by atoms with Crippen LogP contribution in [0.25, 0.3) is 0 Å². The van der Waals surface area contributed by atoms with E-state index in [9.17, 15) is 0 Å². The first-order chi connectivity index (χ1) is 11.2. The van der Waals surface area contributed by atoms with Crippen molar-refractivity contribution >= 4 is 53.0 Å². The molecule has 4 nitrogen and oxygen atoms in total. The van der Waals surface area contributed by atoms with Crippen molar-refractivity contribution in [3.63, 3.8) is 0 Å². The third kappa shape index (κ3) is 7.40. The van der Waals surface area contributed by atoms with Gasteiger partial charge in [-0.05, 0) is 37.8 Å². The third-order valence-electron chi connectivity index (χ3n) is 3.26. The van der Waals surface area contributed by atoms with Crippen molar-refractivity contribution in [1.29, 1.82) is 0 Å². The Balaban J connectivity index is 0.00000288. The van der Waals surface area contributed by atoms with E-state index in [1.165, 1.54) is 10.5 Å². The molecule has 24 heavy (non-hydrogen) atoms. The minimum atomic E-state index is 0. The Labute approximate surface area is 170 Å². The van der Waals surface area contributed by atoms with Crippen LogP contribution >= 0.6 is 47.1 Å². The lowest BCUT2D eigenvalue weighted by Crippen LogP contribution is -2.38. The van der Waals surface area contributed by atoms with Gasteiger partial charge in [0.2, 0.25) is 0 Å². The van der Waals surface area contributed by atoms with E-state index in [1.807, 2.05) is 6.92 Å². The van der Waals surface area contributed by atoms with Gasteiger partial charge in [0.05, 0.1) is 17.2 Å². The number of aryl methyl sites for hydroxylation is 1. The second-order valence-corrected chi connectivity index (χ2v) is 7.02. The fourth-order valence-electron chi connectivity index (χ4n) is 2.08. The highest BCUT2D eigenvalue weighted by Crippen LogP contribution is 2.15. The lowest BCUT2D eigenvalue weighted by Gasteiger charge is -2.10. The quantitative estimate of drug-likeness (QED) is 0.274. The molecule has 0 spiro atoms. The first-order valence-corrected chi connectivity index (χ1v) is 9.88. The second-order valence-electron chi connectivity index (χ2n) is 5.08. The van der Waals surface area contributed by atoms with E-state index >= 15 is 0 Å². The number of rotatable bonds is 7. The number of hydrogen-bond donors (Lipinski definition) is 2. The zero-order valence-corrected chi connectivity index (χ0v) is 18.3. The number of nitrogens with zero attached hydrogens (tertiary/aromatic N) is 2. The van der Waals surface area contributed by atoms with Crippen molar-refractivity contribution in [1.82, 2.24) is 15.6 Å². The molecule has 0 bridgehead atoms. The number of thiazole rings is 1. The molecule has 0 atom stereocenters. The second kappa shape index (κ2) is 11.7. The SMILES string of the molecule is CCNC(=NCc1ccc(SC)cc1)NCCc1csc(C)n1.I.